The molecule has 4 N–H and O–H groups in total. The summed E-state index contributed by atoms with van der Waals surface area (Å²) in [7, 11) is -4.37. The SMILES string of the molecule is C=C[C@@H]1C[C@]1(NC(=O)[C@@H]1C[C@@H](O)CN1C(=O)[C@@H](NC(=O)OC1CCCC1)C(C)(C)C)C(=O)NS(=O)(=O)OC1CC1. The molecule has 3 aliphatic carbocycles. The molecule has 4 amide bonds. The maximum atomic E-state index is 13.7. The lowest BCUT2D eigenvalue weighted by Crippen LogP contribution is -2.60. The van der Waals surface area contributed by atoms with Gasteiger partial charge in [-0.15, -0.1) is 6.58 Å². The van der Waals surface area contributed by atoms with Gasteiger partial charge in [0.1, 0.15) is 23.7 Å². The Morgan fingerprint density at radius 1 is 1.10 bits per heavy atom. The Balaban J connectivity index is 1.46. The van der Waals surface area contributed by atoms with Gasteiger partial charge in [0.2, 0.25) is 11.8 Å². The predicted octanol–water partition coefficient (Wildman–Crippen LogP) is 0.633. The van der Waals surface area contributed by atoms with E-state index in [0.29, 0.717) is 12.8 Å². The summed E-state index contributed by atoms with van der Waals surface area (Å²) in [5.74, 6) is -2.82. The molecule has 224 valence electrons. The Bertz CT molecular complexity index is 1140. The average molecular weight is 585 g/mol. The van der Waals surface area contributed by atoms with Gasteiger partial charge in [0.25, 0.3) is 5.91 Å². The number of alkyl carbamates (subject to hydrolysis) is 1. The second-order valence-electron chi connectivity index (χ2n) is 12.3. The van der Waals surface area contributed by atoms with E-state index in [4.69, 9.17) is 8.92 Å². The number of hydrogen-bond donors (Lipinski definition) is 4. The summed E-state index contributed by atoms with van der Waals surface area (Å²) in [6.07, 6.45) is 3.63. The Kier molecular flexibility index (Phi) is 8.53. The van der Waals surface area contributed by atoms with Crippen LogP contribution in [0.4, 0.5) is 4.79 Å². The van der Waals surface area contributed by atoms with Gasteiger partial charge in [0.15, 0.2) is 0 Å². The summed E-state index contributed by atoms with van der Waals surface area (Å²) in [6.45, 7) is 8.78. The van der Waals surface area contributed by atoms with Crippen LogP contribution in [0.5, 0.6) is 0 Å². The highest BCUT2D eigenvalue weighted by atomic mass is 32.2. The van der Waals surface area contributed by atoms with E-state index in [1.54, 1.807) is 20.8 Å². The van der Waals surface area contributed by atoms with Crippen molar-refractivity contribution in [3.63, 3.8) is 0 Å². The lowest BCUT2D eigenvalue weighted by Gasteiger charge is -2.35. The molecule has 0 bridgehead atoms. The Hall–Kier alpha value is -2.71. The van der Waals surface area contributed by atoms with Gasteiger partial charge < -0.3 is 25.4 Å². The van der Waals surface area contributed by atoms with Gasteiger partial charge in [-0.2, -0.15) is 8.42 Å². The van der Waals surface area contributed by atoms with Crippen LogP contribution in [0.1, 0.15) is 72.1 Å². The molecular formula is C26H40N4O9S. The van der Waals surface area contributed by atoms with E-state index in [0.717, 1.165) is 25.7 Å². The molecule has 0 radical (unpaired) electrons. The zero-order valence-electron chi connectivity index (χ0n) is 23.2. The largest absolute Gasteiger partial charge is 0.446 e. The maximum absolute atomic E-state index is 13.7. The summed E-state index contributed by atoms with van der Waals surface area (Å²) in [5, 5.41) is 15.7. The van der Waals surface area contributed by atoms with Crippen molar-refractivity contribution < 1.29 is 41.6 Å². The molecule has 1 heterocycles. The van der Waals surface area contributed by atoms with Crippen molar-refractivity contribution in [3.8, 4) is 0 Å². The van der Waals surface area contributed by atoms with Gasteiger partial charge in [-0.05, 0) is 50.4 Å². The van der Waals surface area contributed by atoms with Crippen molar-refractivity contribution in [3.05, 3.63) is 12.7 Å². The van der Waals surface area contributed by atoms with Gasteiger partial charge in [-0.25, -0.2) is 9.52 Å². The fraction of sp³-hybridized carbons (Fsp3) is 0.769. The van der Waals surface area contributed by atoms with Gasteiger partial charge in [0, 0.05) is 18.9 Å². The van der Waals surface area contributed by atoms with Crippen molar-refractivity contribution in [1.29, 1.82) is 0 Å². The minimum Gasteiger partial charge on any atom is -0.446 e. The standard InChI is InChI=1S/C26H40N4O9S/c1-5-15-13-26(15,23(34)29-40(36,37)39-18-10-11-18)28-21(32)19-12-16(31)14-30(19)22(33)20(25(2,3)4)27-24(35)38-17-8-6-7-9-17/h5,15-20,31H,1,6-14H2,2-4H3,(H,27,35)(H,28,32)(H,29,34)/t15-,16-,19+,20-,26-/m1/s1. The van der Waals surface area contributed by atoms with Crippen LogP contribution in [0.25, 0.3) is 0 Å². The lowest BCUT2D eigenvalue weighted by atomic mass is 9.85. The van der Waals surface area contributed by atoms with Crippen LogP contribution in [0.2, 0.25) is 0 Å². The van der Waals surface area contributed by atoms with Crippen LogP contribution < -0.4 is 15.4 Å². The number of carbonyl (C=O) groups is 4. The molecule has 0 aromatic rings. The van der Waals surface area contributed by atoms with Crippen LogP contribution in [0, 0.1) is 11.3 Å². The first kappa shape index (κ1) is 30.3. The normalized spacial score (nSPS) is 29.4. The molecule has 4 aliphatic rings. The van der Waals surface area contributed by atoms with Crippen LogP contribution in [0.15, 0.2) is 12.7 Å². The summed E-state index contributed by atoms with van der Waals surface area (Å²) in [4.78, 5) is 54.1. The molecule has 5 atom stereocenters. The number of β-amino-alcohol motifs (C(OH)–C–C–N with tert-alkyl or cyclic N) is 1. The van der Waals surface area contributed by atoms with E-state index < -0.39 is 75.3 Å². The number of nitrogens with zero attached hydrogens (tertiary/aromatic N) is 1. The van der Waals surface area contributed by atoms with Crippen LogP contribution in [0.3, 0.4) is 0 Å². The maximum Gasteiger partial charge on any atom is 0.408 e. The first-order valence-electron chi connectivity index (χ1n) is 13.8. The van der Waals surface area contributed by atoms with E-state index in [-0.39, 0.29) is 25.5 Å². The number of aliphatic hydroxyl groups is 1. The molecule has 0 aromatic heterocycles. The fourth-order valence-corrected chi connectivity index (χ4v) is 6.35. The second-order valence-corrected chi connectivity index (χ2v) is 13.6. The minimum absolute atomic E-state index is 0.0967. The van der Waals surface area contributed by atoms with Crippen LogP contribution in [-0.4, -0.2) is 84.7 Å². The summed E-state index contributed by atoms with van der Waals surface area (Å²) >= 11 is 0. The van der Waals surface area contributed by atoms with E-state index in [1.807, 2.05) is 4.72 Å². The highest BCUT2D eigenvalue weighted by molar-refractivity contribution is 7.85. The molecule has 0 unspecified atom stereocenters. The molecule has 4 rings (SSSR count). The molecule has 14 heteroatoms. The summed E-state index contributed by atoms with van der Waals surface area (Å²) < 4.78 is 36.7. The third kappa shape index (κ3) is 6.95. The average Bonchev–Trinajstić information content (AvgIpc) is 3.68. The lowest BCUT2D eigenvalue weighted by molar-refractivity contribution is -0.143. The van der Waals surface area contributed by atoms with Gasteiger partial charge in [-0.1, -0.05) is 26.8 Å². The van der Waals surface area contributed by atoms with Gasteiger partial charge >= 0.3 is 16.4 Å². The number of aliphatic hydroxyl groups excluding tert-OH is 1. The number of ether oxygens (including phenoxy) is 1. The smallest absolute Gasteiger partial charge is 0.408 e. The highest BCUT2D eigenvalue weighted by Gasteiger charge is 2.61. The number of likely N-dealkylation sites (tertiary alicyclic amines) is 1. The summed E-state index contributed by atoms with van der Waals surface area (Å²) in [5.41, 5.74) is -2.35. The molecular weight excluding hydrogens is 544 g/mol. The first-order valence-corrected chi connectivity index (χ1v) is 15.2. The minimum atomic E-state index is -4.37. The van der Waals surface area contributed by atoms with Crippen LogP contribution >= 0.6 is 0 Å². The third-order valence-electron chi connectivity index (χ3n) is 7.87. The number of carbonyl (C=O) groups excluding carboxylic acids is 4. The quantitative estimate of drug-likeness (QED) is 0.268. The summed E-state index contributed by atoms with van der Waals surface area (Å²) in [6, 6.07) is -2.22. The van der Waals surface area contributed by atoms with Crippen molar-refractivity contribution >= 4 is 34.1 Å². The molecule has 1 aliphatic heterocycles. The molecule has 4 fully saturated rings. The molecule has 0 spiro atoms. The van der Waals surface area contributed by atoms with Crippen LogP contribution in [-0.2, 0) is 33.6 Å². The second kappa shape index (κ2) is 11.3. The van der Waals surface area contributed by atoms with E-state index in [9.17, 15) is 32.7 Å². The number of nitrogens with one attached hydrogen (secondary N) is 3. The first-order chi connectivity index (χ1) is 18.6. The fourth-order valence-electron chi connectivity index (χ4n) is 5.34. The Morgan fingerprint density at radius 2 is 1.75 bits per heavy atom. The van der Waals surface area contributed by atoms with Crippen molar-refractivity contribution in [2.75, 3.05) is 6.54 Å². The molecule has 1 saturated heterocycles. The topological polar surface area (TPSA) is 180 Å². The van der Waals surface area contributed by atoms with Crippen molar-refractivity contribution in [1.82, 2.24) is 20.3 Å². The molecule has 13 nitrogen and oxygen atoms in total. The number of hydrogen-bond acceptors (Lipinski definition) is 9. The monoisotopic (exact) mass is 584 g/mol. The van der Waals surface area contributed by atoms with E-state index >= 15 is 0 Å². The molecule has 0 aromatic carbocycles. The Morgan fingerprint density at radius 3 is 2.30 bits per heavy atom. The van der Waals surface area contributed by atoms with Crippen molar-refractivity contribution in [2.24, 2.45) is 11.3 Å². The number of amides is 4. The molecule has 40 heavy (non-hydrogen) atoms. The van der Waals surface area contributed by atoms with E-state index in [1.165, 1.54) is 11.0 Å². The predicted molar refractivity (Wildman–Crippen MR) is 142 cm³/mol. The van der Waals surface area contributed by atoms with Gasteiger partial charge in [0.05, 0.1) is 12.2 Å². The van der Waals surface area contributed by atoms with Gasteiger partial charge in [-0.3, -0.25) is 18.6 Å². The third-order valence-corrected chi connectivity index (χ3v) is 8.83. The number of rotatable bonds is 10. The van der Waals surface area contributed by atoms with Crippen molar-refractivity contribution in [2.45, 2.75) is 108 Å². The van der Waals surface area contributed by atoms with E-state index in [2.05, 4.69) is 17.2 Å². The molecule has 3 saturated carbocycles. The zero-order chi connectivity index (χ0) is 29.5. The Labute approximate surface area is 234 Å². The zero-order valence-corrected chi connectivity index (χ0v) is 24.0. The highest BCUT2D eigenvalue weighted by Crippen LogP contribution is 2.45.